The quantitative estimate of drug-likeness (QED) is 0.793. The minimum atomic E-state index is -0.335. The maximum Gasteiger partial charge on any atom is 0.0987 e. The van der Waals surface area contributed by atoms with E-state index in [1.165, 1.54) is 11.3 Å². The van der Waals surface area contributed by atoms with Gasteiger partial charge in [-0.05, 0) is 17.0 Å². The van der Waals surface area contributed by atoms with E-state index < -0.39 is 0 Å². The molecule has 0 aliphatic carbocycles. The number of halogens is 1. The van der Waals surface area contributed by atoms with E-state index in [2.05, 4.69) is 16.5 Å². The lowest BCUT2D eigenvalue weighted by Crippen LogP contribution is -1.87. The van der Waals surface area contributed by atoms with Crippen LogP contribution in [0.15, 0.2) is 42.4 Å². The zero-order valence-corrected chi connectivity index (χ0v) is 8.80. The van der Waals surface area contributed by atoms with Gasteiger partial charge in [0.15, 0.2) is 0 Å². The second-order valence-electron chi connectivity index (χ2n) is 3.06. The van der Waals surface area contributed by atoms with Crippen LogP contribution in [0.2, 0.25) is 0 Å². The van der Waals surface area contributed by atoms with Crippen LogP contribution in [-0.4, -0.2) is 9.97 Å². The maximum atomic E-state index is 12.7. The zero-order valence-electron chi connectivity index (χ0n) is 7.98. The number of allylic oxidation sites excluding steroid dienone is 1. The van der Waals surface area contributed by atoms with Crippen molar-refractivity contribution < 1.29 is 4.39 Å². The molecule has 0 spiro atoms. The van der Waals surface area contributed by atoms with Gasteiger partial charge in [0, 0.05) is 18.8 Å². The van der Waals surface area contributed by atoms with E-state index in [4.69, 9.17) is 0 Å². The fraction of sp³-hybridized carbons (Fsp3) is 0.0909. The molecule has 76 valence electrons. The lowest BCUT2D eigenvalue weighted by atomic mass is 10.1. The maximum absolute atomic E-state index is 12.7. The van der Waals surface area contributed by atoms with Crippen molar-refractivity contribution in [2.75, 3.05) is 0 Å². The summed E-state index contributed by atoms with van der Waals surface area (Å²) >= 11 is 1.53. The molecule has 0 aliphatic heterocycles. The van der Waals surface area contributed by atoms with Gasteiger partial charge in [0.2, 0.25) is 0 Å². The summed E-state index contributed by atoms with van der Waals surface area (Å²) in [6.07, 6.45) is 5.17. The normalized spacial score (nSPS) is 10.2. The van der Waals surface area contributed by atoms with Crippen LogP contribution in [0.3, 0.4) is 0 Å². The lowest BCUT2D eigenvalue weighted by Gasteiger charge is -2.00. The Labute approximate surface area is 91.1 Å². The number of rotatable bonds is 3. The Morgan fingerprint density at radius 1 is 1.47 bits per heavy atom. The SMILES string of the molecule is C=C(F)Cc1ccsc1-c1cnccn1. The Hall–Kier alpha value is -1.55. The second-order valence-corrected chi connectivity index (χ2v) is 3.98. The molecule has 0 N–H and O–H groups in total. The third kappa shape index (κ3) is 2.27. The van der Waals surface area contributed by atoms with Crippen LogP contribution < -0.4 is 0 Å². The highest BCUT2D eigenvalue weighted by Crippen LogP contribution is 2.28. The number of thiophene rings is 1. The van der Waals surface area contributed by atoms with Crippen LogP contribution in [0.4, 0.5) is 4.39 Å². The highest BCUT2D eigenvalue weighted by Gasteiger charge is 2.08. The van der Waals surface area contributed by atoms with Crippen LogP contribution in [0, 0.1) is 0 Å². The third-order valence-electron chi connectivity index (χ3n) is 1.92. The van der Waals surface area contributed by atoms with Crippen molar-refractivity contribution in [1.29, 1.82) is 0 Å². The van der Waals surface area contributed by atoms with Crippen LogP contribution >= 0.6 is 11.3 Å². The van der Waals surface area contributed by atoms with Gasteiger partial charge in [-0.15, -0.1) is 11.3 Å². The molecule has 2 rings (SSSR count). The largest absolute Gasteiger partial charge is 0.261 e. The first-order chi connectivity index (χ1) is 7.27. The molecular formula is C11H9FN2S. The predicted octanol–water partition coefficient (Wildman–Crippen LogP) is 3.23. The Bertz CT molecular complexity index is 464. The number of hydrogen-bond acceptors (Lipinski definition) is 3. The molecule has 0 radical (unpaired) electrons. The Kier molecular flexibility index (Phi) is 2.87. The fourth-order valence-electron chi connectivity index (χ4n) is 1.32. The van der Waals surface area contributed by atoms with E-state index in [1.807, 2.05) is 11.4 Å². The van der Waals surface area contributed by atoms with Crippen molar-refractivity contribution in [2.45, 2.75) is 6.42 Å². The highest BCUT2D eigenvalue weighted by atomic mass is 32.1. The first-order valence-electron chi connectivity index (χ1n) is 4.43. The molecule has 0 aromatic carbocycles. The van der Waals surface area contributed by atoms with Gasteiger partial charge in [-0.2, -0.15) is 0 Å². The van der Waals surface area contributed by atoms with E-state index in [9.17, 15) is 4.39 Å². The monoisotopic (exact) mass is 220 g/mol. The van der Waals surface area contributed by atoms with Crippen molar-refractivity contribution in [3.8, 4) is 10.6 Å². The van der Waals surface area contributed by atoms with E-state index in [0.717, 1.165) is 16.1 Å². The molecule has 2 nitrogen and oxygen atoms in total. The van der Waals surface area contributed by atoms with Crippen molar-refractivity contribution in [2.24, 2.45) is 0 Å². The van der Waals surface area contributed by atoms with Gasteiger partial charge < -0.3 is 0 Å². The molecule has 0 aliphatic rings. The summed E-state index contributed by atoms with van der Waals surface area (Å²) in [5.41, 5.74) is 1.69. The Morgan fingerprint density at radius 3 is 3.00 bits per heavy atom. The zero-order chi connectivity index (χ0) is 10.7. The lowest BCUT2D eigenvalue weighted by molar-refractivity contribution is 0.617. The van der Waals surface area contributed by atoms with E-state index in [1.54, 1.807) is 18.6 Å². The molecule has 0 fully saturated rings. The molecule has 4 heteroatoms. The third-order valence-corrected chi connectivity index (χ3v) is 2.90. The number of aromatic nitrogens is 2. The highest BCUT2D eigenvalue weighted by molar-refractivity contribution is 7.13. The minimum Gasteiger partial charge on any atom is -0.261 e. The topological polar surface area (TPSA) is 25.8 Å². The molecule has 0 saturated carbocycles. The summed E-state index contributed by atoms with van der Waals surface area (Å²) in [4.78, 5) is 9.13. The summed E-state index contributed by atoms with van der Waals surface area (Å²) in [6, 6.07) is 1.89. The summed E-state index contributed by atoms with van der Waals surface area (Å²) in [6.45, 7) is 3.27. The fourth-order valence-corrected chi connectivity index (χ4v) is 2.21. The molecule has 0 bridgehead atoms. The van der Waals surface area contributed by atoms with E-state index >= 15 is 0 Å². The summed E-state index contributed by atoms with van der Waals surface area (Å²) in [5.74, 6) is -0.335. The average molecular weight is 220 g/mol. The van der Waals surface area contributed by atoms with Gasteiger partial charge >= 0.3 is 0 Å². The van der Waals surface area contributed by atoms with Crippen LogP contribution in [0.1, 0.15) is 5.56 Å². The number of nitrogens with zero attached hydrogens (tertiary/aromatic N) is 2. The first-order valence-corrected chi connectivity index (χ1v) is 5.31. The summed E-state index contributed by atoms with van der Waals surface area (Å²) < 4.78 is 12.7. The standard InChI is InChI=1S/C11H9FN2S/c1-8(12)6-9-2-5-15-11(9)10-7-13-3-4-14-10/h2-5,7H,1,6H2. The number of hydrogen-bond donors (Lipinski definition) is 0. The molecular weight excluding hydrogens is 211 g/mol. The first kappa shape index (κ1) is 9.98. The smallest absolute Gasteiger partial charge is 0.0987 e. The molecule has 0 saturated heterocycles. The van der Waals surface area contributed by atoms with Crippen molar-refractivity contribution in [3.63, 3.8) is 0 Å². The minimum absolute atomic E-state index is 0.245. The van der Waals surface area contributed by atoms with Crippen molar-refractivity contribution >= 4 is 11.3 Å². The van der Waals surface area contributed by atoms with Gasteiger partial charge in [-0.1, -0.05) is 6.58 Å². The molecule has 2 aromatic rings. The Balaban J connectivity index is 2.37. The Morgan fingerprint density at radius 2 is 2.33 bits per heavy atom. The van der Waals surface area contributed by atoms with Crippen molar-refractivity contribution in [3.05, 3.63) is 48.0 Å². The molecule has 0 amide bonds. The average Bonchev–Trinajstić information content (AvgIpc) is 2.66. The molecule has 0 unspecified atom stereocenters. The van der Waals surface area contributed by atoms with Crippen molar-refractivity contribution in [1.82, 2.24) is 9.97 Å². The summed E-state index contributed by atoms with van der Waals surface area (Å²) in [7, 11) is 0. The molecule has 2 aromatic heterocycles. The molecule has 15 heavy (non-hydrogen) atoms. The van der Waals surface area contributed by atoms with E-state index in [-0.39, 0.29) is 12.2 Å². The molecule has 0 atom stereocenters. The van der Waals surface area contributed by atoms with Gasteiger partial charge in [-0.25, -0.2) is 4.39 Å². The van der Waals surface area contributed by atoms with Crippen LogP contribution in [0.25, 0.3) is 10.6 Å². The van der Waals surface area contributed by atoms with Gasteiger partial charge in [0.1, 0.15) is 0 Å². The second kappa shape index (κ2) is 4.31. The predicted molar refractivity (Wildman–Crippen MR) is 59.3 cm³/mol. The molecule has 2 heterocycles. The van der Waals surface area contributed by atoms with E-state index in [0.29, 0.717) is 0 Å². The summed E-state index contributed by atoms with van der Waals surface area (Å²) in [5, 5.41) is 1.92. The van der Waals surface area contributed by atoms with Gasteiger partial charge in [0.05, 0.1) is 22.6 Å². The van der Waals surface area contributed by atoms with Gasteiger partial charge in [-0.3, -0.25) is 9.97 Å². The van der Waals surface area contributed by atoms with Gasteiger partial charge in [0.25, 0.3) is 0 Å². The van der Waals surface area contributed by atoms with Crippen LogP contribution in [-0.2, 0) is 6.42 Å². The van der Waals surface area contributed by atoms with Crippen LogP contribution in [0.5, 0.6) is 0 Å².